The van der Waals surface area contributed by atoms with Crippen molar-refractivity contribution in [1.29, 1.82) is 0 Å². The fraction of sp³-hybridized carbons (Fsp3) is 0.100. The number of rotatable bonds is 3. The fourth-order valence-electron chi connectivity index (χ4n) is 2.64. The highest BCUT2D eigenvalue weighted by atomic mass is 19.4. The molecular formula is C20H15F3N2O. The number of aryl methyl sites for hydroxylation is 1. The Bertz CT molecular complexity index is 989. The largest absolute Gasteiger partial charge is 0.409 e. The van der Waals surface area contributed by atoms with E-state index in [1.54, 1.807) is 37.4 Å². The van der Waals surface area contributed by atoms with Crippen LogP contribution in [0.4, 0.5) is 18.9 Å². The van der Waals surface area contributed by atoms with Gasteiger partial charge in [-0.3, -0.25) is 9.78 Å². The van der Waals surface area contributed by atoms with E-state index < -0.39 is 6.18 Å². The standard InChI is InChI=1S/C20H15F3N2O/c1-13-12-14(9-10-20(21,22)23)7-8-15(13)19(26)25-18-6-2-5-17-16(18)4-3-11-24-17/h2-12H,1H3,(H,25,26)/b10-9+. The summed E-state index contributed by atoms with van der Waals surface area (Å²) >= 11 is 0. The lowest BCUT2D eigenvalue weighted by molar-refractivity contribution is -0.0790. The van der Waals surface area contributed by atoms with E-state index in [9.17, 15) is 18.0 Å². The van der Waals surface area contributed by atoms with Gasteiger partial charge < -0.3 is 5.32 Å². The third-order valence-electron chi connectivity index (χ3n) is 3.85. The number of anilines is 1. The van der Waals surface area contributed by atoms with E-state index in [0.29, 0.717) is 22.4 Å². The van der Waals surface area contributed by atoms with Crippen LogP contribution < -0.4 is 5.32 Å². The van der Waals surface area contributed by atoms with E-state index >= 15 is 0 Å². The van der Waals surface area contributed by atoms with Crippen molar-refractivity contribution in [2.75, 3.05) is 5.32 Å². The van der Waals surface area contributed by atoms with Crippen LogP contribution in [0.15, 0.2) is 60.8 Å². The summed E-state index contributed by atoms with van der Waals surface area (Å²) in [5, 5.41) is 3.65. The number of allylic oxidation sites excluding steroid dienone is 1. The molecule has 0 aliphatic heterocycles. The highest BCUT2D eigenvalue weighted by molar-refractivity contribution is 6.09. The minimum Gasteiger partial charge on any atom is -0.321 e. The van der Waals surface area contributed by atoms with Crippen LogP contribution >= 0.6 is 0 Å². The lowest BCUT2D eigenvalue weighted by Crippen LogP contribution is -2.13. The van der Waals surface area contributed by atoms with Crippen molar-refractivity contribution in [3.8, 4) is 0 Å². The highest BCUT2D eigenvalue weighted by Crippen LogP contribution is 2.23. The van der Waals surface area contributed by atoms with Crippen LogP contribution in [0.1, 0.15) is 21.5 Å². The molecule has 1 N–H and O–H groups in total. The minimum atomic E-state index is -4.37. The molecule has 0 bridgehead atoms. The second-order valence-electron chi connectivity index (χ2n) is 5.78. The van der Waals surface area contributed by atoms with Gasteiger partial charge in [0.2, 0.25) is 0 Å². The van der Waals surface area contributed by atoms with Gasteiger partial charge in [0.25, 0.3) is 5.91 Å². The normalized spacial score (nSPS) is 11.8. The van der Waals surface area contributed by atoms with Gasteiger partial charge in [0.15, 0.2) is 0 Å². The number of nitrogens with zero attached hydrogens (tertiary/aromatic N) is 1. The molecule has 0 radical (unpaired) electrons. The SMILES string of the molecule is Cc1cc(/C=C/C(F)(F)F)ccc1C(=O)Nc1cccc2ncccc12. The average Bonchev–Trinajstić information content (AvgIpc) is 2.59. The Kier molecular flexibility index (Phi) is 4.75. The van der Waals surface area contributed by atoms with Crippen LogP contribution in [0.25, 0.3) is 17.0 Å². The van der Waals surface area contributed by atoms with Crippen molar-refractivity contribution in [2.45, 2.75) is 13.1 Å². The number of halogens is 3. The number of alkyl halides is 3. The summed E-state index contributed by atoms with van der Waals surface area (Å²) in [4.78, 5) is 16.8. The molecule has 0 fully saturated rings. The van der Waals surface area contributed by atoms with Crippen molar-refractivity contribution in [2.24, 2.45) is 0 Å². The molecule has 1 heterocycles. The number of carbonyl (C=O) groups is 1. The third-order valence-corrected chi connectivity index (χ3v) is 3.85. The van der Waals surface area contributed by atoms with Crippen molar-refractivity contribution in [3.05, 3.63) is 77.5 Å². The smallest absolute Gasteiger partial charge is 0.321 e. The Hall–Kier alpha value is -3.15. The Balaban J connectivity index is 1.85. The van der Waals surface area contributed by atoms with E-state index in [1.165, 1.54) is 12.1 Å². The quantitative estimate of drug-likeness (QED) is 0.685. The molecule has 0 saturated carbocycles. The Morgan fingerprint density at radius 3 is 2.65 bits per heavy atom. The van der Waals surface area contributed by atoms with E-state index in [4.69, 9.17) is 0 Å². The summed E-state index contributed by atoms with van der Waals surface area (Å²) in [7, 11) is 0. The number of amides is 1. The molecule has 1 aromatic heterocycles. The molecular weight excluding hydrogens is 341 g/mol. The summed E-state index contributed by atoms with van der Waals surface area (Å²) in [5.41, 5.74) is 2.75. The van der Waals surface area contributed by atoms with Crippen LogP contribution in [0.3, 0.4) is 0 Å². The van der Waals surface area contributed by atoms with Crippen LogP contribution in [-0.4, -0.2) is 17.1 Å². The Labute approximate surface area is 148 Å². The summed E-state index contributed by atoms with van der Waals surface area (Å²) < 4.78 is 36.8. The average molecular weight is 356 g/mol. The monoisotopic (exact) mass is 356 g/mol. The number of fused-ring (bicyclic) bond motifs is 1. The zero-order chi connectivity index (χ0) is 18.7. The molecule has 1 amide bonds. The third kappa shape index (κ3) is 4.08. The van der Waals surface area contributed by atoms with Crippen LogP contribution in [0.5, 0.6) is 0 Å². The molecule has 0 spiro atoms. The fourth-order valence-corrected chi connectivity index (χ4v) is 2.64. The van der Waals surface area contributed by atoms with E-state index in [1.807, 2.05) is 12.1 Å². The van der Waals surface area contributed by atoms with Gasteiger partial charge in [-0.2, -0.15) is 13.2 Å². The van der Waals surface area contributed by atoms with Crippen molar-refractivity contribution >= 4 is 28.6 Å². The van der Waals surface area contributed by atoms with Gasteiger partial charge in [-0.05, 0) is 48.4 Å². The van der Waals surface area contributed by atoms with Gasteiger partial charge >= 0.3 is 6.18 Å². The van der Waals surface area contributed by atoms with Gasteiger partial charge in [0.05, 0.1) is 11.2 Å². The van der Waals surface area contributed by atoms with Crippen LogP contribution in [0, 0.1) is 6.92 Å². The lowest BCUT2D eigenvalue weighted by Gasteiger charge is -2.10. The molecule has 0 unspecified atom stereocenters. The number of hydrogen-bond donors (Lipinski definition) is 1. The molecule has 132 valence electrons. The summed E-state index contributed by atoms with van der Waals surface area (Å²) in [5.74, 6) is -0.329. The Morgan fingerprint density at radius 1 is 1.12 bits per heavy atom. The first kappa shape index (κ1) is 17.7. The number of hydrogen-bond acceptors (Lipinski definition) is 2. The van der Waals surface area contributed by atoms with Crippen LogP contribution in [0.2, 0.25) is 0 Å². The molecule has 3 nitrogen and oxygen atoms in total. The van der Waals surface area contributed by atoms with Gasteiger partial charge in [0.1, 0.15) is 0 Å². The van der Waals surface area contributed by atoms with E-state index in [-0.39, 0.29) is 12.0 Å². The van der Waals surface area contributed by atoms with E-state index in [2.05, 4.69) is 10.3 Å². The van der Waals surface area contributed by atoms with Gasteiger partial charge in [-0.15, -0.1) is 0 Å². The lowest BCUT2D eigenvalue weighted by atomic mass is 10.0. The Morgan fingerprint density at radius 2 is 1.92 bits per heavy atom. The molecule has 26 heavy (non-hydrogen) atoms. The molecule has 6 heteroatoms. The highest BCUT2D eigenvalue weighted by Gasteiger charge is 2.21. The minimum absolute atomic E-state index is 0.171. The second kappa shape index (κ2) is 7.00. The first-order valence-corrected chi connectivity index (χ1v) is 7.85. The molecule has 0 saturated heterocycles. The number of aromatic nitrogens is 1. The maximum absolute atomic E-state index is 12.6. The molecule has 2 aromatic carbocycles. The molecule has 0 atom stereocenters. The zero-order valence-electron chi connectivity index (χ0n) is 13.8. The van der Waals surface area contributed by atoms with Crippen molar-refractivity contribution in [3.63, 3.8) is 0 Å². The predicted octanol–water partition coefficient (Wildman–Crippen LogP) is 5.37. The number of benzene rings is 2. The van der Waals surface area contributed by atoms with E-state index in [0.717, 1.165) is 17.0 Å². The second-order valence-corrected chi connectivity index (χ2v) is 5.78. The molecule has 3 aromatic rings. The van der Waals surface area contributed by atoms with Crippen LogP contribution in [-0.2, 0) is 0 Å². The van der Waals surface area contributed by atoms with Gasteiger partial charge in [0, 0.05) is 23.2 Å². The first-order chi connectivity index (χ1) is 12.3. The molecule has 3 rings (SSSR count). The molecule has 0 aliphatic carbocycles. The predicted molar refractivity (Wildman–Crippen MR) is 96.0 cm³/mol. The number of pyridine rings is 1. The number of nitrogens with one attached hydrogen (secondary N) is 1. The van der Waals surface area contributed by atoms with Gasteiger partial charge in [-0.25, -0.2) is 0 Å². The van der Waals surface area contributed by atoms with Gasteiger partial charge in [-0.1, -0.05) is 24.3 Å². The number of carbonyl (C=O) groups excluding carboxylic acids is 1. The first-order valence-electron chi connectivity index (χ1n) is 7.85. The van der Waals surface area contributed by atoms with Crippen molar-refractivity contribution < 1.29 is 18.0 Å². The topological polar surface area (TPSA) is 42.0 Å². The maximum Gasteiger partial charge on any atom is 0.409 e. The molecule has 0 aliphatic rings. The maximum atomic E-state index is 12.6. The summed E-state index contributed by atoms with van der Waals surface area (Å²) in [6.45, 7) is 1.69. The van der Waals surface area contributed by atoms with Crippen molar-refractivity contribution in [1.82, 2.24) is 4.98 Å². The zero-order valence-corrected chi connectivity index (χ0v) is 13.8. The summed E-state index contributed by atoms with van der Waals surface area (Å²) in [6.07, 6.45) is -1.55. The summed E-state index contributed by atoms with van der Waals surface area (Å²) in [6, 6.07) is 13.6.